The van der Waals surface area contributed by atoms with Crippen molar-refractivity contribution in [3.8, 4) is 0 Å². The van der Waals surface area contributed by atoms with Gasteiger partial charge in [-0.3, -0.25) is 4.79 Å². The van der Waals surface area contributed by atoms with Crippen molar-refractivity contribution in [3.63, 3.8) is 0 Å². The monoisotopic (exact) mass is 234 g/mol. The van der Waals surface area contributed by atoms with Gasteiger partial charge in [0.15, 0.2) is 0 Å². The molecule has 1 aromatic rings. The molecule has 1 amide bonds. The Bertz CT molecular complexity index is 431. The van der Waals surface area contributed by atoms with Crippen LogP contribution in [0.3, 0.4) is 0 Å². The number of hydrogen-bond donors (Lipinski definition) is 2. The van der Waals surface area contributed by atoms with Crippen LogP contribution in [0.1, 0.15) is 24.1 Å². The predicted molar refractivity (Wildman–Crippen MR) is 67.1 cm³/mol. The Morgan fingerprint density at radius 2 is 2.24 bits per heavy atom. The molecule has 1 aromatic carbocycles. The molecule has 1 aliphatic heterocycles. The topological polar surface area (TPSA) is 52.6 Å². The van der Waals surface area contributed by atoms with E-state index < -0.39 is 0 Å². The minimum absolute atomic E-state index is 0.0167. The highest BCUT2D eigenvalue weighted by molar-refractivity contribution is 6.04. The third kappa shape index (κ3) is 1.94. The first-order valence-corrected chi connectivity index (χ1v) is 5.95. The zero-order chi connectivity index (χ0) is 12.4. The van der Waals surface area contributed by atoms with E-state index in [4.69, 9.17) is 5.11 Å². The molecule has 92 valence electrons. The summed E-state index contributed by atoms with van der Waals surface area (Å²) in [6.45, 7) is 2.44. The van der Waals surface area contributed by atoms with Crippen LogP contribution >= 0.6 is 0 Å². The predicted octanol–water partition coefficient (Wildman–Crippen LogP) is 0.848. The van der Waals surface area contributed by atoms with Crippen LogP contribution in [0.5, 0.6) is 0 Å². The van der Waals surface area contributed by atoms with Crippen molar-refractivity contribution < 1.29 is 9.90 Å². The first-order chi connectivity index (χ1) is 8.22. The van der Waals surface area contributed by atoms with E-state index in [0.717, 1.165) is 17.7 Å². The fourth-order valence-electron chi connectivity index (χ4n) is 2.32. The smallest absolute Gasteiger partial charge is 0.248 e. The standard InChI is InChI=1S/C13H18N2O2/c1-3-9-4-5-11-10(8-9)12(14-2)13(17)15(11)6-7-16/h4-5,8,12,14,16H,3,6-7H2,1-2H3. The number of nitrogens with one attached hydrogen (secondary N) is 1. The number of β-amino-alcohol motifs (C(OH)–C–C–N with tert-alkyl or cyclic N) is 1. The third-order valence-corrected chi connectivity index (χ3v) is 3.23. The maximum Gasteiger partial charge on any atom is 0.248 e. The molecule has 0 spiro atoms. The minimum Gasteiger partial charge on any atom is -0.395 e. The number of aliphatic hydroxyl groups is 1. The second-order valence-corrected chi connectivity index (χ2v) is 4.18. The number of rotatable bonds is 4. The van der Waals surface area contributed by atoms with Crippen LogP contribution in [-0.2, 0) is 11.2 Å². The van der Waals surface area contributed by atoms with Crippen LogP contribution in [-0.4, -0.2) is 31.2 Å². The molecule has 4 heteroatoms. The first kappa shape index (κ1) is 12.1. The molecule has 0 saturated heterocycles. The number of anilines is 1. The van der Waals surface area contributed by atoms with E-state index >= 15 is 0 Å². The zero-order valence-corrected chi connectivity index (χ0v) is 10.2. The van der Waals surface area contributed by atoms with Crippen LogP contribution < -0.4 is 10.2 Å². The van der Waals surface area contributed by atoms with E-state index in [9.17, 15) is 4.79 Å². The quantitative estimate of drug-likeness (QED) is 0.812. The highest BCUT2D eigenvalue weighted by Gasteiger charge is 2.35. The molecule has 4 nitrogen and oxygen atoms in total. The van der Waals surface area contributed by atoms with E-state index in [-0.39, 0.29) is 18.6 Å². The summed E-state index contributed by atoms with van der Waals surface area (Å²) in [6.07, 6.45) is 0.956. The average Bonchev–Trinajstić information content (AvgIpc) is 2.62. The van der Waals surface area contributed by atoms with Gasteiger partial charge < -0.3 is 15.3 Å². The Hall–Kier alpha value is -1.39. The van der Waals surface area contributed by atoms with Crippen molar-refractivity contribution in [2.45, 2.75) is 19.4 Å². The van der Waals surface area contributed by atoms with Gasteiger partial charge in [0.25, 0.3) is 0 Å². The highest BCUT2D eigenvalue weighted by Crippen LogP contribution is 2.36. The van der Waals surface area contributed by atoms with Gasteiger partial charge >= 0.3 is 0 Å². The molecule has 0 radical (unpaired) electrons. The molecular formula is C13H18N2O2. The summed E-state index contributed by atoms with van der Waals surface area (Å²) >= 11 is 0. The molecular weight excluding hydrogens is 216 g/mol. The number of carbonyl (C=O) groups is 1. The average molecular weight is 234 g/mol. The van der Waals surface area contributed by atoms with Crippen LogP contribution in [0.15, 0.2) is 18.2 Å². The van der Waals surface area contributed by atoms with Gasteiger partial charge in [0.2, 0.25) is 5.91 Å². The van der Waals surface area contributed by atoms with Crippen LogP contribution in [0, 0.1) is 0 Å². The Kier molecular flexibility index (Phi) is 3.45. The fraction of sp³-hybridized carbons (Fsp3) is 0.462. The number of carbonyl (C=O) groups excluding carboxylic acids is 1. The number of nitrogens with zero attached hydrogens (tertiary/aromatic N) is 1. The Balaban J connectivity index is 2.44. The Morgan fingerprint density at radius 3 is 2.82 bits per heavy atom. The summed E-state index contributed by atoms with van der Waals surface area (Å²) in [5.74, 6) is 0.0183. The fourth-order valence-corrected chi connectivity index (χ4v) is 2.32. The minimum atomic E-state index is -0.275. The van der Waals surface area contributed by atoms with E-state index in [1.807, 2.05) is 12.1 Å². The summed E-state index contributed by atoms with van der Waals surface area (Å²) in [5, 5.41) is 12.1. The second kappa shape index (κ2) is 4.85. The number of amides is 1. The van der Waals surface area contributed by atoms with Crippen molar-refractivity contribution in [1.82, 2.24) is 5.32 Å². The molecule has 0 bridgehead atoms. The van der Waals surface area contributed by atoms with Crippen molar-refractivity contribution in [2.24, 2.45) is 0 Å². The van der Waals surface area contributed by atoms with Gasteiger partial charge in [0.1, 0.15) is 6.04 Å². The number of aliphatic hydroxyl groups excluding tert-OH is 1. The van der Waals surface area contributed by atoms with Gasteiger partial charge in [-0.2, -0.15) is 0 Å². The van der Waals surface area contributed by atoms with Crippen molar-refractivity contribution in [2.75, 3.05) is 25.1 Å². The maximum absolute atomic E-state index is 12.1. The van der Waals surface area contributed by atoms with Crippen molar-refractivity contribution in [3.05, 3.63) is 29.3 Å². The molecule has 0 saturated carbocycles. The maximum atomic E-state index is 12.1. The SMILES string of the molecule is CCc1ccc2c(c1)C(NC)C(=O)N2CCO. The van der Waals surface area contributed by atoms with Crippen molar-refractivity contribution >= 4 is 11.6 Å². The lowest BCUT2D eigenvalue weighted by Crippen LogP contribution is -2.35. The lowest BCUT2D eigenvalue weighted by atomic mass is 10.0. The summed E-state index contributed by atoms with van der Waals surface area (Å²) in [7, 11) is 1.79. The summed E-state index contributed by atoms with van der Waals surface area (Å²) in [4.78, 5) is 13.8. The highest BCUT2D eigenvalue weighted by atomic mass is 16.3. The molecule has 0 aromatic heterocycles. The van der Waals surface area contributed by atoms with Crippen molar-refractivity contribution in [1.29, 1.82) is 0 Å². The normalized spacial score (nSPS) is 18.6. The number of hydrogen-bond acceptors (Lipinski definition) is 3. The van der Waals surface area contributed by atoms with Gasteiger partial charge in [0.05, 0.1) is 6.61 Å². The second-order valence-electron chi connectivity index (χ2n) is 4.18. The molecule has 1 heterocycles. The summed E-state index contributed by atoms with van der Waals surface area (Å²) in [5.41, 5.74) is 3.16. The Morgan fingerprint density at radius 1 is 1.47 bits per heavy atom. The van der Waals surface area contributed by atoms with Gasteiger partial charge in [0, 0.05) is 17.8 Å². The third-order valence-electron chi connectivity index (χ3n) is 3.23. The molecule has 1 unspecified atom stereocenters. The van der Waals surface area contributed by atoms with Crippen LogP contribution in [0.25, 0.3) is 0 Å². The molecule has 0 fully saturated rings. The lowest BCUT2D eigenvalue weighted by molar-refractivity contribution is -0.120. The lowest BCUT2D eigenvalue weighted by Gasteiger charge is -2.16. The van der Waals surface area contributed by atoms with E-state index in [1.165, 1.54) is 5.56 Å². The number of likely N-dealkylation sites (N-methyl/N-ethyl adjacent to an activating group) is 1. The molecule has 17 heavy (non-hydrogen) atoms. The van der Waals surface area contributed by atoms with E-state index in [0.29, 0.717) is 6.54 Å². The molecule has 1 aliphatic rings. The number of aryl methyl sites for hydroxylation is 1. The summed E-state index contributed by atoms with van der Waals surface area (Å²) < 4.78 is 0. The first-order valence-electron chi connectivity index (χ1n) is 5.95. The van der Waals surface area contributed by atoms with E-state index in [1.54, 1.807) is 11.9 Å². The van der Waals surface area contributed by atoms with Crippen LogP contribution in [0.4, 0.5) is 5.69 Å². The van der Waals surface area contributed by atoms with Gasteiger partial charge in [-0.25, -0.2) is 0 Å². The van der Waals surface area contributed by atoms with Gasteiger partial charge in [-0.1, -0.05) is 19.1 Å². The largest absolute Gasteiger partial charge is 0.395 e. The molecule has 2 rings (SSSR count). The Labute approximate surface area is 101 Å². The molecule has 0 aliphatic carbocycles. The molecule has 1 atom stereocenters. The molecule has 2 N–H and O–H groups in total. The van der Waals surface area contributed by atoms with E-state index in [2.05, 4.69) is 18.3 Å². The van der Waals surface area contributed by atoms with Crippen LogP contribution in [0.2, 0.25) is 0 Å². The zero-order valence-electron chi connectivity index (χ0n) is 10.2. The number of benzene rings is 1. The van der Waals surface area contributed by atoms with Gasteiger partial charge in [-0.15, -0.1) is 0 Å². The number of fused-ring (bicyclic) bond motifs is 1. The van der Waals surface area contributed by atoms with Gasteiger partial charge in [-0.05, 0) is 25.1 Å². The summed E-state index contributed by atoms with van der Waals surface area (Å²) in [6, 6.07) is 5.81.